The van der Waals surface area contributed by atoms with E-state index < -0.39 is 5.60 Å². The molecule has 3 saturated heterocycles. The number of nitrogens with two attached hydrogens (primary N) is 1. The largest absolute Gasteiger partial charge is 0.386 e. The highest BCUT2D eigenvalue weighted by Crippen LogP contribution is 2.56. The molecule has 16 heavy (non-hydrogen) atoms. The van der Waals surface area contributed by atoms with Crippen LogP contribution in [0, 0.1) is 5.41 Å². The monoisotopic (exact) mass is 227 g/mol. The van der Waals surface area contributed by atoms with Crippen molar-refractivity contribution in [1.82, 2.24) is 0 Å². The van der Waals surface area contributed by atoms with Crippen molar-refractivity contribution in [1.29, 1.82) is 0 Å². The van der Waals surface area contributed by atoms with Crippen molar-refractivity contribution in [2.45, 2.75) is 56.5 Å². The van der Waals surface area contributed by atoms with Gasteiger partial charge in [-0.2, -0.15) is 0 Å². The van der Waals surface area contributed by atoms with Crippen LogP contribution in [0.25, 0.3) is 0 Å². The standard InChI is InChI=1S/C12H21NO3/c1-8-12(14,4-5-15-8)11(7-13)6-9-2-3-10(11)16-9/h8-10,14H,2-7,13H2,1H3. The molecule has 92 valence electrons. The predicted octanol–water partition coefficient (Wildman–Crippen LogP) is 0.423. The zero-order valence-corrected chi connectivity index (χ0v) is 9.82. The summed E-state index contributed by atoms with van der Waals surface area (Å²) in [5.41, 5.74) is 4.92. The van der Waals surface area contributed by atoms with E-state index in [9.17, 15) is 5.11 Å². The van der Waals surface area contributed by atoms with E-state index in [0.29, 0.717) is 25.7 Å². The molecule has 2 bridgehead atoms. The molecule has 0 radical (unpaired) electrons. The fraction of sp³-hybridized carbons (Fsp3) is 1.00. The van der Waals surface area contributed by atoms with E-state index in [-0.39, 0.29) is 17.6 Å². The van der Waals surface area contributed by atoms with Crippen LogP contribution in [0.2, 0.25) is 0 Å². The first-order valence-electron chi connectivity index (χ1n) is 6.32. The molecular formula is C12H21NO3. The Morgan fingerprint density at radius 3 is 2.69 bits per heavy atom. The fourth-order valence-corrected chi connectivity index (χ4v) is 4.03. The van der Waals surface area contributed by atoms with Gasteiger partial charge < -0.3 is 20.3 Å². The molecule has 0 aromatic rings. The molecule has 3 rings (SSSR count). The van der Waals surface area contributed by atoms with E-state index >= 15 is 0 Å². The molecule has 0 aliphatic carbocycles. The molecule has 0 aromatic heterocycles. The van der Waals surface area contributed by atoms with Crippen LogP contribution < -0.4 is 5.73 Å². The summed E-state index contributed by atoms with van der Waals surface area (Å²) in [6.07, 6.45) is 4.08. The maximum absolute atomic E-state index is 10.9. The van der Waals surface area contributed by atoms with Gasteiger partial charge in [-0.1, -0.05) is 0 Å². The molecule has 3 heterocycles. The molecule has 0 spiro atoms. The SMILES string of the molecule is CC1OCCC1(O)C1(CN)CC2CCC1O2. The van der Waals surface area contributed by atoms with Crippen LogP contribution in [0.4, 0.5) is 0 Å². The number of rotatable bonds is 2. The van der Waals surface area contributed by atoms with Crippen LogP contribution in [0.1, 0.15) is 32.6 Å². The van der Waals surface area contributed by atoms with Crippen LogP contribution in [0.15, 0.2) is 0 Å². The van der Waals surface area contributed by atoms with Gasteiger partial charge in [0, 0.05) is 25.0 Å². The highest BCUT2D eigenvalue weighted by atomic mass is 16.5. The summed E-state index contributed by atoms with van der Waals surface area (Å²) in [6, 6.07) is 0. The molecule has 4 nitrogen and oxygen atoms in total. The molecule has 5 atom stereocenters. The van der Waals surface area contributed by atoms with Gasteiger partial charge in [0.1, 0.15) is 5.60 Å². The highest BCUT2D eigenvalue weighted by molar-refractivity contribution is 5.14. The zero-order chi connectivity index (χ0) is 11.4. The van der Waals surface area contributed by atoms with Gasteiger partial charge in [0.2, 0.25) is 0 Å². The van der Waals surface area contributed by atoms with Gasteiger partial charge in [-0.05, 0) is 26.2 Å². The van der Waals surface area contributed by atoms with Crippen LogP contribution in [-0.4, -0.2) is 42.2 Å². The smallest absolute Gasteiger partial charge is 0.102 e. The number of hydrogen-bond donors (Lipinski definition) is 2. The van der Waals surface area contributed by atoms with Crippen molar-refractivity contribution in [3.05, 3.63) is 0 Å². The summed E-state index contributed by atoms with van der Waals surface area (Å²) in [5.74, 6) is 0. The number of ether oxygens (including phenoxy) is 2. The van der Waals surface area contributed by atoms with Crippen molar-refractivity contribution < 1.29 is 14.6 Å². The van der Waals surface area contributed by atoms with Gasteiger partial charge in [-0.3, -0.25) is 0 Å². The summed E-state index contributed by atoms with van der Waals surface area (Å²) >= 11 is 0. The van der Waals surface area contributed by atoms with Crippen LogP contribution in [0.5, 0.6) is 0 Å². The van der Waals surface area contributed by atoms with E-state index in [0.717, 1.165) is 19.3 Å². The quantitative estimate of drug-likeness (QED) is 0.717. The van der Waals surface area contributed by atoms with Gasteiger partial charge in [0.05, 0.1) is 18.3 Å². The molecule has 3 aliphatic heterocycles. The van der Waals surface area contributed by atoms with Crippen molar-refractivity contribution in [3.8, 4) is 0 Å². The summed E-state index contributed by atoms with van der Waals surface area (Å²) < 4.78 is 11.5. The third-order valence-electron chi connectivity index (χ3n) is 5.07. The first-order chi connectivity index (χ1) is 7.62. The van der Waals surface area contributed by atoms with Crippen LogP contribution in [-0.2, 0) is 9.47 Å². The van der Waals surface area contributed by atoms with E-state index in [1.54, 1.807) is 0 Å². The normalized spacial score (nSPS) is 56.1. The lowest BCUT2D eigenvalue weighted by Gasteiger charge is -2.47. The molecule has 5 unspecified atom stereocenters. The van der Waals surface area contributed by atoms with Crippen molar-refractivity contribution in [2.24, 2.45) is 11.1 Å². The summed E-state index contributed by atoms with van der Waals surface area (Å²) in [6.45, 7) is 3.09. The molecule has 4 heteroatoms. The van der Waals surface area contributed by atoms with Crippen molar-refractivity contribution in [3.63, 3.8) is 0 Å². The lowest BCUT2D eigenvalue weighted by molar-refractivity contribution is -0.140. The third kappa shape index (κ3) is 1.13. The Balaban J connectivity index is 1.96. The van der Waals surface area contributed by atoms with Gasteiger partial charge in [-0.15, -0.1) is 0 Å². The van der Waals surface area contributed by atoms with Crippen molar-refractivity contribution >= 4 is 0 Å². The molecule has 0 saturated carbocycles. The molecule has 3 fully saturated rings. The fourth-order valence-electron chi connectivity index (χ4n) is 4.03. The Morgan fingerprint density at radius 2 is 2.25 bits per heavy atom. The predicted molar refractivity (Wildman–Crippen MR) is 59.0 cm³/mol. The zero-order valence-electron chi connectivity index (χ0n) is 9.82. The Kier molecular flexibility index (Phi) is 2.34. The first-order valence-corrected chi connectivity index (χ1v) is 6.32. The Bertz CT molecular complexity index is 298. The van der Waals surface area contributed by atoms with Crippen LogP contribution in [0.3, 0.4) is 0 Å². The van der Waals surface area contributed by atoms with E-state index in [1.165, 1.54) is 0 Å². The van der Waals surface area contributed by atoms with E-state index in [1.807, 2.05) is 6.92 Å². The second-order valence-electron chi connectivity index (χ2n) is 5.58. The summed E-state index contributed by atoms with van der Waals surface area (Å²) in [4.78, 5) is 0. The highest BCUT2D eigenvalue weighted by Gasteiger charge is 2.65. The Hall–Kier alpha value is -0.160. The van der Waals surface area contributed by atoms with Gasteiger partial charge in [0.25, 0.3) is 0 Å². The Morgan fingerprint density at radius 1 is 1.44 bits per heavy atom. The number of hydrogen-bond acceptors (Lipinski definition) is 4. The number of aliphatic hydroxyl groups is 1. The maximum atomic E-state index is 10.9. The molecular weight excluding hydrogens is 206 g/mol. The average molecular weight is 227 g/mol. The van der Waals surface area contributed by atoms with Gasteiger partial charge in [0.15, 0.2) is 0 Å². The number of fused-ring (bicyclic) bond motifs is 2. The topological polar surface area (TPSA) is 64.7 Å². The van der Waals surface area contributed by atoms with Crippen LogP contribution >= 0.6 is 0 Å². The second-order valence-corrected chi connectivity index (χ2v) is 5.58. The lowest BCUT2D eigenvalue weighted by Crippen LogP contribution is -2.61. The minimum atomic E-state index is -0.790. The van der Waals surface area contributed by atoms with E-state index in [2.05, 4.69) is 0 Å². The van der Waals surface area contributed by atoms with Crippen molar-refractivity contribution in [2.75, 3.05) is 13.2 Å². The lowest BCUT2D eigenvalue weighted by atomic mass is 9.61. The molecule has 0 amide bonds. The van der Waals surface area contributed by atoms with E-state index in [4.69, 9.17) is 15.2 Å². The minimum absolute atomic E-state index is 0.126. The summed E-state index contributed by atoms with van der Waals surface area (Å²) in [7, 11) is 0. The minimum Gasteiger partial charge on any atom is -0.386 e. The van der Waals surface area contributed by atoms with Gasteiger partial charge in [-0.25, -0.2) is 0 Å². The average Bonchev–Trinajstić information content (AvgIpc) is 2.95. The molecule has 0 aromatic carbocycles. The second kappa shape index (κ2) is 3.42. The third-order valence-corrected chi connectivity index (χ3v) is 5.07. The maximum Gasteiger partial charge on any atom is 0.102 e. The summed E-state index contributed by atoms with van der Waals surface area (Å²) in [5, 5.41) is 10.9. The Labute approximate surface area is 96.1 Å². The van der Waals surface area contributed by atoms with Gasteiger partial charge >= 0.3 is 0 Å². The first kappa shape index (κ1) is 11.0. The molecule has 3 aliphatic rings. The molecule has 3 N–H and O–H groups in total.